The van der Waals surface area contributed by atoms with Gasteiger partial charge in [-0.2, -0.15) is 5.26 Å². The van der Waals surface area contributed by atoms with Crippen LogP contribution < -0.4 is 0 Å². The van der Waals surface area contributed by atoms with Crippen molar-refractivity contribution < 1.29 is 9.47 Å². The van der Waals surface area contributed by atoms with Gasteiger partial charge >= 0.3 is 0 Å². The monoisotopic (exact) mass is 443 g/mol. The van der Waals surface area contributed by atoms with Gasteiger partial charge in [0, 0.05) is 13.5 Å². The molecule has 0 radical (unpaired) electrons. The van der Waals surface area contributed by atoms with Crippen LogP contribution in [0.5, 0.6) is 0 Å². The minimum atomic E-state index is 0.353. The third-order valence-corrected chi connectivity index (χ3v) is 11.5. The lowest BCUT2D eigenvalue weighted by Gasteiger charge is -2.65. The molecule has 4 aliphatic rings. The molecule has 0 saturated heterocycles. The quantitative estimate of drug-likeness (QED) is 0.384. The molecule has 0 aromatic heterocycles. The number of ether oxygens (including phenoxy) is 2. The van der Waals surface area contributed by atoms with Crippen LogP contribution in [0.3, 0.4) is 0 Å². The van der Waals surface area contributed by atoms with E-state index in [1.165, 1.54) is 51.4 Å². The molecule has 0 heterocycles. The summed E-state index contributed by atoms with van der Waals surface area (Å²) in [5.74, 6) is 5.99. The second-order valence-corrected chi connectivity index (χ2v) is 12.8. The topological polar surface area (TPSA) is 42.2 Å². The van der Waals surface area contributed by atoms with Gasteiger partial charge in [-0.25, -0.2) is 0 Å². The maximum Gasteiger partial charge on any atom is 0.146 e. The summed E-state index contributed by atoms with van der Waals surface area (Å²) in [6.45, 7) is 13.1. The van der Waals surface area contributed by atoms with Crippen LogP contribution in [0, 0.1) is 69.5 Å². The fourth-order valence-electron chi connectivity index (χ4n) is 9.99. The Labute approximate surface area is 198 Å². The van der Waals surface area contributed by atoms with E-state index in [2.05, 4.69) is 40.7 Å². The average molecular weight is 444 g/mol. The normalized spacial score (nSPS) is 48.9. The lowest BCUT2D eigenvalue weighted by Crippen LogP contribution is -2.62. The van der Waals surface area contributed by atoms with Gasteiger partial charge in [-0.05, 0) is 103 Å². The van der Waals surface area contributed by atoms with Crippen molar-refractivity contribution in [2.45, 2.75) is 105 Å². The molecule has 0 spiro atoms. The van der Waals surface area contributed by atoms with Crippen molar-refractivity contribution in [3.63, 3.8) is 0 Å². The number of nitriles is 1. The Bertz CT molecular complexity index is 687. The summed E-state index contributed by atoms with van der Waals surface area (Å²) >= 11 is 0. The van der Waals surface area contributed by atoms with E-state index in [0.717, 1.165) is 36.0 Å². The van der Waals surface area contributed by atoms with E-state index in [1.807, 2.05) is 0 Å². The van der Waals surface area contributed by atoms with Gasteiger partial charge in [0.25, 0.3) is 0 Å². The summed E-state index contributed by atoms with van der Waals surface area (Å²) in [6.07, 6.45) is 13.0. The molecular weight excluding hydrogens is 394 g/mol. The molecule has 3 heteroatoms. The first-order chi connectivity index (χ1) is 15.3. The molecule has 0 N–H and O–H groups in total. The van der Waals surface area contributed by atoms with Crippen molar-refractivity contribution >= 4 is 0 Å². The highest BCUT2D eigenvalue weighted by Gasteiger charge is 2.65. The maximum atomic E-state index is 9.16. The van der Waals surface area contributed by atoms with Crippen LogP contribution in [0.25, 0.3) is 0 Å². The predicted molar refractivity (Wildman–Crippen MR) is 130 cm³/mol. The van der Waals surface area contributed by atoms with Crippen molar-refractivity contribution in [3.05, 3.63) is 0 Å². The van der Waals surface area contributed by atoms with Gasteiger partial charge in [0.1, 0.15) is 6.79 Å². The van der Waals surface area contributed by atoms with E-state index < -0.39 is 0 Å². The number of hydrogen-bond acceptors (Lipinski definition) is 3. The Morgan fingerprint density at radius 1 is 1.03 bits per heavy atom. The van der Waals surface area contributed by atoms with Crippen LogP contribution in [0.1, 0.15) is 98.8 Å². The van der Waals surface area contributed by atoms with Gasteiger partial charge in [-0.15, -0.1) is 0 Å². The first kappa shape index (κ1) is 24.5. The number of fused-ring (bicyclic) bond motifs is 5. The Hall–Kier alpha value is -0.590. The second kappa shape index (κ2) is 9.58. The largest absolute Gasteiger partial charge is 0.359 e. The number of methoxy groups -OCH3 is 1. The molecule has 4 aliphatic carbocycles. The molecule has 182 valence electrons. The highest BCUT2D eigenvalue weighted by atomic mass is 16.7. The first-order valence-electron chi connectivity index (χ1n) is 13.8. The van der Waals surface area contributed by atoms with Crippen LogP contribution in [0.15, 0.2) is 0 Å². The van der Waals surface area contributed by atoms with E-state index in [0.29, 0.717) is 47.9 Å². The Morgan fingerprint density at radius 3 is 2.44 bits per heavy atom. The zero-order chi connectivity index (χ0) is 23.1. The SMILES string of the molecule is CC[C@H]1[C@@H](OCOC)C2C3CC[C@H]([C@H](C)CCC#N)[C@@]3(C)CCC2[C@@]2(C)CC[C@@H](C)C[C@@H]12. The van der Waals surface area contributed by atoms with Crippen LogP contribution in [-0.2, 0) is 9.47 Å². The van der Waals surface area contributed by atoms with E-state index in [4.69, 9.17) is 14.7 Å². The van der Waals surface area contributed by atoms with E-state index >= 15 is 0 Å². The van der Waals surface area contributed by atoms with E-state index in [9.17, 15) is 0 Å². The van der Waals surface area contributed by atoms with Crippen LogP contribution in [-0.4, -0.2) is 20.0 Å². The second-order valence-electron chi connectivity index (χ2n) is 12.8. The Morgan fingerprint density at radius 2 is 1.75 bits per heavy atom. The lowest BCUT2D eigenvalue weighted by molar-refractivity contribution is -0.231. The maximum absolute atomic E-state index is 9.16. The van der Waals surface area contributed by atoms with Gasteiger partial charge in [0.05, 0.1) is 12.2 Å². The van der Waals surface area contributed by atoms with Crippen molar-refractivity contribution in [2.24, 2.45) is 58.2 Å². The van der Waals surface area contributed by atoms with Gasteiger partial charge in [-0.1, -0.05) is 47.5 Å². The molecule has 0 amide bonds. The fourth-order valence-corrected chi connectivity index (χ4v) is 9.99. The molecule has 4 fully saturated rings. The third-order valence-electron chi connectivity index (χ3n) is 11.5. The van der Waals surface area contributed by atoms with E-state index in [1.54, 1.807) is 7.11 Å². The average Bonchev–Trinajstić information content (AvgIpc) is 3.13. The molecule has 0 bridgehead atoms. The third kappa shape index (κ3) is 3.86. The summed E-state index contributed by atoms with van der Waals surface area (Å²) in [6, 6.07) is 2.40. The lowest BCUT2D eigenvalue weighted by atomic mass is 9.41. The van der Waals surface area contributed by atoms with Gasteiger partial charge in [0.15, 0.2) is 0 Å². The molecule has 4 rings (SSSR count). The predicted octanol–water partition coefficient (Wildman–Crippen LogP) is 7.46. The smallest absolute Gasteiger partial charge is 0.146 e. The van der Waals surface area contributed by atoms with Gasteiger partial charge < -0.3 is 9.47 Å². The van der Waals surface area contributed by atoms with E-state index in [-0.39, 0.29) is 0 Å². The van der Waals surface area contributed by atoms with Crippen molar-refractivity contribution in [3.8, 4) is 6.07 Å². The van der Waals surface area contributed by atoms with Crippen LogP contribution in [0.4, 0.5) is 0 Å². The fraction of sp³-hybridized carbons (Fsp3) is 0.966. The molecule has 3 nitrogen and oxygen atoms in total. The summed E-state index contributed by atoms with van der Waals surface area (Å²) in [4.78, 5) is 0. The summed E-state index contributed by atoms with van der Waals surface area (Å²) in [7, 11) is 1.78. The number of nitrogens with zero attached hydrogens (tertiary/aromatic N) is 1. The Balaban J connectivity index is 1.69. The molecule has 0 aliphatic heterocycles. The van der Waals surface area contributed by atoms with Crippen molar-refractivity contribution in [1.29, 1.82) is 5.26 Å². The van der Waals surface area contributed by atoms with Crippen molar-refractivity contribution in [1.82, 2.24) is 0 Å². The highest BCUT2D eigenvalue weighted by molar-refractivity contribution is 5.13. The molecule has 0 aromatic rings. The van der Waals surface area contributed by atoms with Gasteiger partial charge in [-0.3, -0.25) is 0 Å². The van der Waals surface area contributed by atoms with Crippen LogP contribution in [0.2, 0.25) is 0 Å². The Kier molecular flexibility index (Phi) is 7.34. The highest BCUT2D eigenvalue weighted by Crippen LogP contribution is 2.70. The summed E-state index contributed by atoms with van der Waals surface area (Å²) < 4.78 is 12.2. The first-order valence-corrected chi connectivity index (χ1v) is 13.8. The van der Waals surface area contributed by atoms with Crippen LogP contribution >= 0.6 is 0 Å². The molecular formula is C29H49NO2. The zero-order valence-electron chi connectivity index (χ0n) is 21.7. The molecule has 0 aromatic carbocycles. The minimum Gasteiger partial charge on any atom is -0.359 e. The number of hydrogen-bond donors (Lipinski definition) is 0. The van der Waals surface area contributed by atoms with Crippen molar-refractivity contribution in [2.75, 3.05) is 13.9 Å². The summed E-state index contributed by atoms with van der Waals surface area (Å²) in [5.41, 5.74) is 0.894. The van der Waals surface area contributed by atoms with Gasteiger partial charge in [0.2, 0.25) is 0 Å². The standard InChI is InChI=1S/C29H49NO2/c1-7-21-25-17-19(2)12-14-29(25,5)24-13-15-28(4)22(20(3)9-8-16-30)10-11-23(28)26(24)27(21)32-18-31-6/h19-27H,7-15,17-18H2,1-6H3/t19-,20-,21-,22-,23?,24?,25+,26?,27-,28-,29-/m1/s1. The number of rotatable bonds is 7. The molecule has 11 atom stereocenters. The molecule has 3 unspecified atom stereocenters. The zero-order valence-corrected chi connectivity index (χ0v) is 21.7. The minimum absolute atomic E-state index is 0.353. The summed E-state index contributed by atoms with van der Waals surface area (Å²) in [5, 5.41) is 9.16. The molecule has 4 saturated carbocycles. The molecule has 32 heavy (non-hydrogen) atoms.